The first-order valence-electron chi connectivity index (χ1n) is 12.1. The minimum atomic E-state index is 0.339. The zero-order valence-corrected chi connectivity index (χ0v) is 18.9. The number of nitrogens with zero attached hydrogens (tertiary/aromatic N) is 5. The number of benzene rings is 1. The summed E-state index contributed by atoms with van der Waals surface area (Å²) in [5, 5.41) is 15.8. The highest BCUT2D eigenvalue weighted by Crippen LogP contribution is 2.25. The lowest BCUT2D eigenvalue weighted by molar-refractivity contribution is 0.251. The summed E-state index contributed by atoms with van der Waals surface area (Å²) in [6.45, 7) is 7.93. The van der Waals surface area contributed by atoms with Crippen molar-refractivity contribution in [1.29, 1.82) is 0 Å². The van der Waals surface area contributed by atoms with Crippen LogP contribution in [0.25, 0.3) is 0 Å². The Labute approximate surface area is 186 Å². The summed E-state index contributed by atoms with van der Waals surface area (Å²) in [5.74, 6) is 3.14. The van der Waals surface area contributed by atoms with E-state index in [1.54, 1.807) is 0 Å². The number of guanidine groups is 1. The summed E-state index contributed by atoms with van der Waals surface area (Å²) in [4.78, 5) is 7.54. The maximum Gasteiger partial charge on any atom is 0.191 e. The molecule has 1 aromatic carbocycles. The summed E-state index contributed by atoms with van der Waals surface area (Å²) >= 11 is 0. The lowest BCUT2D eigenvalue weighted by atomic mass is 10.1. The van der Waals surface area contributed by atoms with E-state index in [0.29, 0.717) is 6.04 Å². The molecule has 0 amide bonds. The number of aliphatic imine (C=N–C) groups is 1. The van der Waals surface area contributed by atoms with Gasteiger partial charge in [0.25, 0.3) is 0 Å². The summed E-state index contributed by atoms with van der Waals surface area (Å²) in [5.41, 5.74) is 1.36. The molecule has 1 aromatic heterocycles. The van der Waals surface area contributed by atoms with Gasteiger partial charge in [-0.05, 0) is 51.3 Å². The fourth-order valence-corrected chi connectivity index (χ4v) is 4.70. The Hall–Kier alpha value is -2.41. The molecule has 1 fully saturated rings. The maximum atomic E-state index is 4.97. The average Bonchev–Trinajstić information content (AvgIpc) is 3.40. The summed E-state index contributed by atoms with van der Waals surface area (Å²) in [6.07, 6.45) is 8.24. The third kappa shape index (κ3) is 5.85. The van der Waals surface area contributed by atoms with Gasteiger partial charge < -0.3 is 15.2 Å². The van der Waals surface area contributed by atoms with Crippen LogP contribution in [0.5, 0.6) is 0 Å². The smallest absolute Gasteiger partial charge is 0.191 e. The summed E-state index contributed by atoms with van der Waals surface area (Å²) in [7, 11) is 0. The molecule has 2 aromatic rings. The zero-order chi connectivity index (χ0) is 21.3. The van der Waals surface area contributed by atoms with Gasteiger partial charge in [0.15, 0.2) is 5.96 Å². The molecule has 1 atom stereocenters. The molecule has 168 valence electrons. The Morgan fingerprint density at radius 1 is 1.00 bits per heavy atom. The van der Waals surface area contributed by atoms with E-state index in [-0.39, 0.29) is 0 Å². The van der Waals surface area contributed by atoms with Crippen molar-refractivity contribution in [1.82, 2.24) is 30.3 Å². The monoisotopic (exact) mass is 423 g/mol. The van der Waals surface area contributed by atoms with Crippen molar-refractivity contribution >= 4 is 5.96 Å². The molecule has 2 N–H and O–H groups in total. The lowest BCUT2D eigenvalue weighted by Gasteiger charge is -2.27. The van der Waals surface area contributed by atoms with Crippen LogP contribution in [0, 0.1) is 0 Å². The molecule has 3 heterocycles. The largest absolute Gasteiger partial charge is 0.357 e. The molecule has 2 aliphatic rings. The van der Waals surface area contributed by atoms with Crippen LogP contribution in [0.1, 0.15) is 62.3 Å². The van der Waals surface area contributed by atoms with Gasteiger partial charge >= 0.3 is 0 Å². The molecule has 0 bridgehead atoms. The van der Waals surface area contributed by atoms with Crippen LogP contribution in [0.15, 0.2) is 35.3 Å². The molecule has 0 radical (unpaired) electrons. The molecule has 4 rings (SSSR count). The Balaban J connectivity index is 1.37. The van der Waals surface area contributed by atoms with Gasteiger partial charge in [0.05, 0.1) is 12.6 Å². The Morgan fingerprint density at radius 2 is 1.81 bits per heavy atom. The molecule has 7 heteroatoms. The Kier molecular flexibility index (Phi) is 7.93. The van der Waals surface area contributed by atoms with Gasteiger partial charge in [-0.25, -0.2) is 0 Å². The Morgan fingerprint density at radius 3 is 2.61 bits per heavy atom. The molecule has 1 unspecified atom stereocenters. The molecule has 7 nitrogen and oxygen atoms in total. The van der Waals surface area contributed by atoms with Crippen LogP contribution < -0.4 is 10.6 Å². The minimum Gasteiger partial charge on any atom is -0.357 e. The van der Waals surface area contributed by atoms with Gasteiger partial charge in [0.2, 0.25) is 0 Å². The predicted molar refractivity (Wildman–Crippen MR) is 125 cm³/mol. The van der Waals surface area contributed by atoms with Crippen molar-refractivity contribution in [2.45, 2.75) is 64.5 Å². The van der Waals surface area contributed by atoms with Crippen LogP contribution in [0.2, 0.25) is 0 Å². The second kappa shape index (κ2) is 11.3. The first kappa shape index (κ1) is 21.8. The third-order valence-electron chi connectivity index (χ3n) is 6.36. The highest BCUT2D eigenvalue weighted by atomic mass is 15.3. The minimum absolute atomic E-state index is 0.339. The van der Waals surface area contributed by atoms with E-state index in [9.17, 15) is 0 Å². The molecule has 0 aliphatic carbocycles. The van der Waals surface area contributed by atoms with Gasteiger partial charge in [0.1, 0.15) is 11.6 Å². The highest BCUT2D eigenvalue weighted by Gasteiger charge is 2.23. The van der Waals surface area contributed by atoms with Crippen molar-refractivity contribution in [2.75, 3.05) is 32.7 Å². The third-order valence-corrected chi connectivity index (χ3v) is 6.36. The van der Waals surface area contributed by atoms with Gasteiger partial charge in [-0.2, -0.15) is 0 Å². The lowest BCUT2D eigenvalue weighted by Crippen LogP contribution is -2.39. The van der Waals surface area contributed by atoms with Gasteiger partial charge in [-0.1, -0.05) is 36.8 Å². The number of hydrogen-bond acceptors (Lipinski definition) is 4. The topological polar surface area (TPSA) is 70.4 Å². The van der Waals surface area contributed by atoms with E-state index in [1.165, 1.54) is 37.7 Å². The van der Waals surface area contributed by atoms with E-state index in [4.69, 9.17) is 4.99 Å². The number of rotatable bonds is 8. The SMILES string of the molecule is CCNC(=NCC(c1ccccc1)N1CCCC1)NCCc1nnc2n1CCCCC2. The van der Waals surface area contributed by atoms with Gasteiger partial charge in [0, 0.05) is 32.5 Å². The van der Waals surface area contributed by atoms with E-state index in [1.807, 2.05) is 0 Å². The van der Waals surface area contributed by atoms with E-state index in [2.05, 4.69) is 67.6 Å². The molecule has 2 aliphatic heterocycles. The first-order chi connectivity index (χ1) is 15.3. The predicted octanol–water partition coefficient (Wildman–Crippen LogP) is 2.94. The van der Waals surface area contributed by atoms with E-state index >= 15 is 0 Å². The molecule has 31 heavy (non-hydrogen) atoms. The van der Waals surface area contributed by atoms with Crippen LogP contribution in [-0.2, 0) is 19.4 Å². The van der Waals surface area contributed by atoms with Gasteiger partial charge in [-0.3, -0.25) is 9.89 Å². The molecule has 0 spiro atoms. The zero-order valence-electron chi connectivity index (χ0n) is 18.9. The van der Waals surface area contributed by atoms with Crippen molar-refractivity contribution in [3.05, 3.63) is 47.5 Å². The number of likely N-dealkylation sites (tertiary alicyclic amines) is 1. The normalized spacial score (nSPS) is 18.4. The van der Waals surface area contributed by atoms with Crippen LogP contribution >= 0.6 is 0 Å². The summed E-state index contributed by atoms with van der Waals surface area (Å²) < 4.78 is 2.33. The van der Waals surface area contributed by atoms with Crippen LogP contribution in [-0.4, -0.2) is 58.3 Å². The van der Waals surface area contributed by atoms with Crippen LogP contribution in [0.4, 0.5) is 0 Å². The standard InChI is InChI=1S/C24H37N7/c1-2-25-24(26-15-14-23-29-28-22-13-7-4-8-18-31(22)23)27-19-21(30-16-9-10-17-30)20-11-5-3-6-12-20/h3,5-6,11-12,21H,2,4,7-10,13-19H2,1H3,(H2,25,26,27). The molecule has 1 saturated heterocycles. The molecular weight excluding hydrogens is 386 g/mol. The number of fused-ring (bicyclic) bond motifs is 1. The molecule has 0 saturated carbocycles. The van der Waals surface area contributed by atoms with Gasteiger partial charge in [-0.15, -0.1) is 10.2 Å². The second-order valence-corrected chi connectivity index (χ2v) is 8.56. The number of aromatic nitrogens is 3. The number of hydrogen-bond donors (Lipinski definition) is 2. The van der Waals surface area contributed by atoms with Crippen LogP contribution in [0.3, 0.4) is 0 Å². The first-order valence-corrected chi connectivity index (χ1v) is 12.1. The van der Waals surface area contributed by atoms with Crippen molar-refractivity contribution in [3.63, 3.8) is 0 Å². The van der Waals surface area contributed by atoms with Crippen molar-refractivity contribution in [2.24, 2.45) is 4.99 Å². The maximum absolute atomic E-state index is 4.97. The second-order valence-electron chi connectivity index (χ2n) is 8.56. The fourth-order valence-electron chi connectivity index (χ4n) is 4.70. The number of nitrogens with one attached hydrogen (secondary N) is 2. The molecular formula is C24H37N7. The van der Waals surface area contributed by atoms with E-state index in [0.717, 1.165) is 69.7 Å². The van der Waals surface area contributed by atoms with Crippen molar-refractivity contribution < 1.29 is 0 Å². The fraction of sp³-hybridized carbons (Fsp3) is 0.625. The summed E-state index contributed by atoms with van der Waals surface area (Å²) in [6, 6.07) is 11.2. The quantitative estimate of drug-likeness (QED) is 0.505. The average molecular weight is 424 g/mol. The number of aryl methyl sites for hydroxylation is 1. The van der Waals surface area contributed by atoms with E-state index < -0.39 is 0 Å². The highest BCUT2D eigenvalue weighted by molar-refractivity contribution is 5.79. The van der Waals surface area contributed by atoms with Crippen molar-refractivity contribution in [3.8, 4) is 0 Å². The Bertz CT molecular complexity index is 824.